The van der Waals surface area contributed by atoms with E-state index in [4.69, 9.17) is 11.5 Å². The lowest BCUT2D eigenvalue weighted by atomic mass is 10.1. The number of hydrogen-bond acceptors (Lipinski definition) is 9. The van der Waals surface area contributed by atoms with Crippen molar-refractivity contribution in [2.45, 2.75) is 25.9 Å². The SMILES string of the molecule is Cn1nnc(C[n+]2cccc(CC(=O)CN)c2)n1.NCC(=O)Cc1ccc[n+](Cc2cn(-c3ccccc3)nn2)c1. The van der Waals surface area contributed by atoms with Crippen molar-refractivity contribution in [3.8, 4) is 5.69 Å². The van der Waals surface area contributed by atoms with Crippen molar-refractivity contribution in [1.82, 2.24) is 35.2 Å². The average molecular weight is 556 g/mol. The van der Waals surface area contributed by atoms with Gasteiger partial charge in [-0.05, 0) is 29.5 Å². The predicted octanol–water partition coefficient (Wildman–Crippen LogP) is -0.710. The molecule has 0 radical (unpaired) electrons. The minimum Gasteiger partial charge on any atom is -0.324 e. The fraction of sp³-hybridized carbons (Fsp3) is 0.250. The Morgan fingerprint density at radius 1 is 0.780 bits per heavy atom. The maximum absolute atomic E-state index is 11.5. The fourth-order valence-electron chi connectivity index (χ4n) is 3.97. The number of carbonyl (C=O) groups is 2. The lowest BCUT2D eigenvalue weighted by molar-refractivity contribution is -0.689. The van der Waals surface area contributed by atoms with Crippen LogP contribution in [0.2, 0.25) is 0 Å². The molecule has 0 aliphatic carbocycles. The van der Waals surface area contributed by atoms with E-state index >= 15 is 0 Å². The molecule has 0 unspecified atom stereocenters. The van der Waals surface area contributed by atoms with E-state index in [1.807, 2.05) is 94.7 Å². The molecule has 0 saturated heterocycles. The molecule has 5 rings (SSSR count). The minimum atomic E-state index is 0.0189. The first kappa shape index (κ1) is 29.0. The molecule has 0 atom stereocenters. The molecule has 0 saturated carbocycles. The molecule has 41 heavy (non-hydrogen) atoms. The summed E-state index contributed by atoms with van der Waals surface area (Å²) in [4.78, 5) is 24.1. The van der Waals surface area contributed by atoms with Crippen molar-refractivity contribution in [3.05, 3.63) is 108 Å². The summed E-state index contributed by atoms with van der Waals surface area (Å²) in [6.07, 6.45) is 10.3. The molecule has 4 aromatic heterocycles. The third-order valence-electron chi connectivity index (χ3n) is 5.88. The predicted molar refractivity (Wildman–Crippen MR) is 147 cm³/mol. The number of aromatic nitrogens is 9. The van der Waals surface area contributed by atoms with Crippen molar-refractivity contribution in [3.63, 3.8) is 0 Å². The highest BCUT2D eigenvalue weighted by molar-refractivity contribution is 5.82. The molecule has 4 N–H and O–H groups in total. The van der Waals surface area contributed by atoms with Crippen molar-refractivity contribution in [2.24, 2.45) is 18.5 Å². The number of benzene rings is 1. The highest BCUT2D eigenvalue weighted by Gasteiger charge is 2.12. The van der Waals surface area contributed by atoms with Gasteiger partial charge in [0.25, 0.3) is 0 Å². The van der Waals surface area contributed by atoms with Gasteiger partial charge in [-0.1, -0.05) is 23.4 Å². The molecule has 0 aliphatic heterocycles. The summed E-state index contributed by atoms with van der Waals surface area (Å²) in [6, 6.07) is 17.5. The summed E-state index contributed by atoms with van der Waals surface area (Å²) in [7, 11) is 1.72. The number of hydrogen-bond donors (Lipinski definition) is 2. The summed E-state index contributed by atoms with van der Waals surface area (Å²) < 4.78 is 5.65. The normalized spacial score (nSPS) is 10.6. The number of nitrogens with two attached hydrogens (primary N) is 2. The maximum atomic E-state index is 11.5. The standard InChI is InChI=1S/C17H18N5O.C11H15N6O/c18-10-17(23)9-14-5-4-8-21(11-14)12-15-13-22(20-19-15)16-6-2-1-3-7-16;1-16-14-11(13-15-16)8-17-4-2-3-9(7-17)5-10(18)6-12/h1-8,11,13H,9-10,12,18H2;2-4,7H,5-6,8,12H2,1H3/q2*+1. The molecule has 4 heterocycles. The minimum absolute atomic E-state index is 0.0189. The number of Topliss-reactive ketones (excluding diaryl/α,β-unsaturated/α-hetero) is 2. The van der Waals surface area contributed by atoms with Gasteiger partial charge in [-0.25, -0.2) is 4.68 Å². The number of rotatable bonds is 11. The van der Waals surface area contributed by atoms with Gasteiger partial charge in [0.2, 0.25) is 12.4 Å². The zero-order valence-corrected chi connectivity index (χ0v) is 22.8. The van der Waals surface area contributed by atoms with Gasteiger partial charge >= 0.3 is 0 Å². The van der Waals surface area contributed by atoms with Gasteiger partial charge in [-0.2, -0.15) is 13.9 Å². The average Bonchev–Trinajstić information content (AvgIpc) is 3.62. The van der Waals surface area contributed by atoms with E-state index in [-0.39, 0.29) is 24.7 Å². The maximum Gasteiger partial charge on any atom is 0.239 e. The van der Waals surface area contributed by atoms with Crippen LogP contribution in [0.5, 0.6) is 0 Å². The number of nitrogens with zero attached hydrogens (tertiary/aromatic N) is 9. The summed E-state index contributed by atoms with van der Waals surface area (Å²) in [5.41, 5.74) is 14.3. The highest BCUT2D eigenvalue weighted by Crippen LogP contribution is 2.06. The van der Waals surface area contributed by atoms with Gasteiger partial charge in [-0.15, -0.1) is 15.3 Å². The van der Waals surface area contributed by atoms with Crippen LogP contribution in [-0.2, 0) is 42.6 Å². The Bertz CT molecular complexity index is 1580. The summed E-state index contributed by atoms with van der Waals surface area (Å²) in [5.74, 6) is 0.674. The largest absolute Gasteiger partial charge is 0.324 e. The Hall–Kier alpha value is -5.01. The van der Waals surface area contributed by atoms with Crippen LogP contribution in [-0.4, -0.2) is 59.9 Å². The topological polar surface area (TPSA) is 168 Å². The van der Waals surface area contributed by atoms with Crippen molar-refractivity contribution in [2.75, 3.05) is 13.1 Å². The summed E-state index contributed by atoms with van der Waals surface area (Å²) in [5, 5.41) is 20.1. The third-order valence-corrected chi connectivity index (χ3v) is 5.88. The second kappa shape index (κ2) is 14.4. The summed E-state index contributed by atoms with van der Waals surface area (Å²) in [6.45, 7) is 1.26. The van der Waals surface area contributed by atoms with Crippen molar-refractivity contribution in [1.29, 1.82) is 0 Å². The quantitative estimate of drug-likeness (QED) is 0.200. The molecule has 1 aromatic carbocycles. The number of pyridine rings is 2. The first-order chi connectivity index (χ1) is 19.9. The lowest BCUT2D eigenvalue weighted by Gasteiger charge is -1.99. The lowest BCUT2D eigenvalue weighted by Crippen LogP contribution is -2.35. The zero-order chi connectivity index (χ0) is 29.0. The van der Waals surface area contributed by atoms with Crippen molar-refractivity contribution < 1.29 is 18.7 Å². The Morgan fingerprint density at radius 2 is 1.39 bits per heavy atom. The van der Waals surface area contributed by atoms with Gasteiger partial charge in [0.1, 0.15) is 5.69 Å². The van der Waals surface area contributed by atoms with Crippen LogP contribution in [0.3, 0.4) is 0 Å². The Kier molecular flexibility index (Phi) is 10.2. The number of ketones is 2. The van der Waals surface area contributed by atoms with Crippen LogP contribution in [0.15, 0.2) is 85.6 Å². The van der Waals surface area contributed by atoms with E-state index in [0.29, 0.717) is 31.8 Å². The van der Waals surface area contributed by atoms with Crippen LogP contribution in [0, 0.1) is 0 Å². The monoisotopic (exact) mass is 555 g/mol. The van der Waals surface area contributed by atoms with Gasteiger partial charge in [-0.3, -0.25) is 9.59 Å². The first-order valence-corrected chi connectivity index (χ1v) is 13.0. The molecule has 5 aromatic rings. The molecule has 13 nitrogen and oxygen atoms in total. The van der Waals surface area contributed by atoms with Crippen LogP contribution < -0.4 is 20.6 Å². The molecule has 0 fully saturated rings. The molecule has 13 heteroatoms. The Balaban J connectivity index is 0.000000195. The molecule has 0 spiro atoms. The molecule has 210 valence electrons. The van der Waals surface area contributed by atoms with E-state index in [1.165, 1.54) is 4.80 Å². The molecule has 0 bridgehead atoms. The van der Waals surface area contributed by atoms with Crippen LogP contribution in [0.1, 0.15) is 22.6 Å². The Morgan fingerprint density at radius 3 is 1.95 bits per heavy atom. The second-order valence-electron chi connectivity index (χ2n) is 9.29. The van der Waals surface area contributed by atoms with E-state index in [9.17, 15) is 9.59 Å². The van der Waals surface area contributed by atoms with E-state index in [0.717, 1.165) is 22.5 Å². The van der Waals surface area contributed by atoms with E-state index in [1.54, 1.807) is 11.7 Å². The molecule has 0 amide bonds. The van der Waals surface area contributed by atoms with Gasteiger partial charge in [0, 0.05) is 36.1 Å². The zero-order valence-electron chi connectivity index (χ0n) is 22.8. The van der Waals surface area contributed by atoms with Crippen molar-refractivity contribution >= 4 is 11.6 Å². The van der Waals surface area contributed by atoms with E-state index < -0.39 is 0 Å². The van der Waals surface area contributed by atoms with Crippen LogP contribution >= 0.6 is 0 Å². The van der Waals surface area contributed by atoms with Crippen LogP contribution in [0.25, 0.3) is 5.69 Å². The fourth-order valence-corrected chi connectivity index (χ4v) is 3.97. The molecular weight excluding hydrogens is 522 g/mol. The number of para-hydroxylation sites is 1. The van der Waals surface area contributed by atoms with Gasteiger partial charge in [0.05, 0.1) is 32.0 Å². The highest BCUT2D eigenvalue weighted by atomic mass is 16.1. The smallest absolute Gasteiger partial charge is 0.239 e. The number of aryl methyl sites for hydroxylation is 1. The van der Waals surface area contributed by atoms with E-state index in [2.05, 4.69) is 25.7 Å². The van der Waals surface area contributed by atoms with Crippen LogP contribution in [0.4, 0.5) is 0 Å². The second-order valence-corrected chi connectivity index (χ2v) is 9.29. The summed E-state index contributed by atoms with van der Waals surface area (Å²) >= 11 is 0. The third kappa shape index (κ3) is 9.02. The number of tetrazole rings is 1. The van der Waals surface area contributed by atoms with Gasteiger partial charge in [0.15, 0.2) is 42.9 Å². The molecule has 0 aliphatic rings. The number of carbonyl (C=O) groups excluding carboxylic acids is 2. The Labute approximate surface area is 237 Å². The van der Waals surface area contributed by atoms with Gasteiger partial charge < -0.3 is 11.5 Å². The molecular formula is C28H33N11O2+2. The first-order valence-electron chi connectivity index (χ1n) is 13.0.